The lowest BCUT2D eigenvalue weighted by atomic mass is 10.2. The van der Waals surface area contributed by atoms with E-state index in [0.29, 0.717) is 23.6 Å². The van der Waals surface area contributed by atoms with Crippen LogP contribution in [0.2, 0.25) is 0 Å². The van der Waals surface area contributed by atoms with Crippen LogP contribution in [-0.2, 0) is 11.2 Å². The molecule has 0 saturated heterocycles. The molecule has 1 aliphatic rings. The van der Waals surface area contributed by atoms with E-state index in [1.807, 2.05) is 0 Å². The Bertz CT molecular complexity index is 817. The average Bonchev–Trinajstić information content (AvgIpc) is 2.95. The number of hydrogen-bond acceptors (Lipinski definition) is 5. The van der Waals surface area contributed by atoms with Crippen molar-refractivity contribution in [1.82, 2.24) is 9.55 Å². The van der Waals surface area contributed by atoms with Crippen molar-refractivity contribution in [2.45, 2.75) is 13.3 Å². The first kappa shape index (κ1) is 16.0. The molecule has 0 fully saturated rings. The zero-order valence-corrected chi connectivity index (χ0v) is 13.0. The summed E-state index contributed by atoms with van der Waals surface area (Å²) in [5, 5.41) is 2.55. The number of carbonyl (C=O) groups excluding carboxylic acids is 1. The van der Waals surface area contributed by atoms with Crippen LogP contribution in [0.4, 0.5) is 10.2 Å². The molecule has 1 aromatic heterocycles. The van der Waals surface area contributed by atoms with Gasteiger partial charge >= 0.3 is 6.01 Å². The van der Waals surface area contributed by atoms with E-state index in [0.717, 1.165) is 0 Å². The number of anilines is 1. The van der Waals surface area contributed by atoms with Crippen LogP contribution in [0, 0.1) is 0 Å². The fourth-order valence-electron chi connectivity index (χ4n) is 2.44. The van der Waals surface area contributed by atoms with Crippen LogP contribution in [0.25, 0.3) is 5.69 Å². The third kappa shape index (κ3) is 2.94. The fraction of sp³-hybridized carbons (Fsp3) is 0.312. The summed E-state index contributed by atoms with van der Waals surface area (Å²) in [7, 11) is 0. The van der Waals surface area contributed by atoms with Gasteiger partial charge in [-0.15, -0.1) is 0 Å². The van der Waals surface area contributed by atoms with Crippen molar-refractivity contribution in [3.63, 3.8) is 0 Å². The molecule has 2 aromatic rings. The van der Waals surface area contributed by atoms with Gasteiger partial charge in [-0.3, -0.25) is 9.59 Å². The van der Waals surface area contributed by atoms with Gasteiger partial charge in [-0.2, -0.15) is 4.98 Å². The molecule has 24 heavy (non-hydrogen) atoms. The highest BCUT2D eigenvalue weighted by molar-refractivity contribution is 5.97. The largest absolute Gasteiger partial charge is 0.491 e. The number of alkyl halides is 1. The molecule has 1 amide bonds. The number of carbonyl (C=O) groups is 1. The van der Waals surface area contributed by atoms with E-state index in [1.54, 1.807) is 31.2 Å². The lowest BCUT2D eigenvalue weighted by molar-refractivity contribution is -0.115. The van der Waals surface area contributed by atoms with E-state index in [-0.39, 0.29) is 36.3 Å². The predicted octanol–water partition coefficient (Wildman–Crippen LogP) is 1.47. The fourth-order valence-corrected chi connectivity index (χ4v) is 2.44. The topological polar surface area (TPSA) is 82.4 Å². The smallest absolute Gasteiger partial charge is 0.305 e. The van der Waals surface area contributed by atoms with Gasteiger partial charge in [-0.1, -0.05) is 0 Å². The van der Waals surface area contributed by atoms with Crippen molar-refractivity contribution >= 4 is 11.7 Å². The zero-order chi connectivity index (χ0) is 17.1. The molecule has 0 saturated carbocycles. The molecular formula is C16H16FN3O4. The van der Waals surface area contributed by atoms with Gasteiger partial charge in [0.25, 0.3) is 5.56 Å². The van der Waals surface area contributed by atoms with Gasteiger partial charge in [0.1, 0.15) is 24.8 Å². The molecule has 0 unspecified atom stereocenters. The van der Waals surface area contributed by atoms with Crippen molar-refractivity contribution < 1.29 is 18.7 Å². The number of rotatable bonds is 6. The van der Waals surface area contributed by atoms with Gasteiger partial charge in [-0.25, -0.2) is 8.96 Å². The van der Waals surface area contributed by atoms with Gasteiger partial charge in [-0.05, 0) is 31.2 Å². The average molecular weight is 333 g/mol. The van der Waals surface area contributed by atoms with E-state index in [1.165, 1.54) is 4.57 Å². The molecule has 0 spiro atoms. The minimum Gasteiger partial charge on any atom is -0.491 e. The lowest BCUT2D eigenvalue weighted by Gasteiger charge is -2.14. The molecule has 2 heterocycles. The van der Waals surface area contributed by atoms with Crippen molar-refractivity contribution in [1.29, 1.82) is 0 Å². The summed E-state index contributed by atoms with van der Waals surface area (Å²) in [6.45, 7) is 1.48. The highest BCUT2D eigenvalue weighted by Crippen LogP contribution is 2.24. The van der Waals surface area contributed by atoms with E-state index in [2.05, 4.69) is 10.3 Å². The Morgan fingerprint density at radius 1 is 1.25 bits per heavy atom. The summed E-state index contributed by atoms with van der Waals surface area (Å²) in [4.78, 5) is 28.5. The maximum absolute atomic E-state index is 12.7. The predicted molar refractivity (Wildman–Crippen MR) is 84.8 cm³/mol. The Balaban J connectivity index is 2.05. The summed E-state index contributed by atoms with van der Waals surface area (Å²) in [5.41, 5.74) is 0.464. The summed E-state index contributed by atoms with van der Waals surface area (Å²) >= 11 is 0. The van der Waals surface area contributed by atoms with E-state index < -0.39 is 6.67 Å². The molecule has 0 bridgehead atoms. The first-order chi connectivity index (χ1) is 11.6. The summed E-state index contributed by atoms with van der Waals surface area (Å²) in [6, 6.07) is 6.65. The zero-order valence-electron chi connectivity index (χ0n) is 13.0. The normalized spacial score (nSPS) is 12.7. The standard InChI is InChI=1S/C16H16FN3O4/c1-2-23-16-19-14-12(9-13(21)18-14)15(22)20(16)10-3-5-11(6-4-10)24-8-7-17/h3-6H,2,7-9H2,1H3,(H,18,21). The first-order valence-corrected chi connectivity index (χ1v) is 7.51. The van der Waals surface area contributed by atoms with Crippen molar-refractivity contribution in [2.75, 3.05) is 25.2 Å². The highest BCUT2D eigenvalue weighted by atomic mass is 19.1. The van der Waals surface area contributed by atoms with Crippen LogP contribution >= 0.6 is 0 Å². The maximum atomic E-state index is 12.7. The molecule has 3 rings (SSSR count). The Hall–Kier alpha value is -2.90. The summed E-state index contributed by atoms with van der Waals surface area (Å²) < 4.78 is 24.1. The van der Waals surface area contributed by atoms with E-state index in [9.17, 15) is 14.0 Å². The molecule has 1 aliphatic heterocycles. The number of hydrogen-bond donors (Lipinski definition) is 1. The quantitative estimate of drug-likeness (QED) is 0.866. The SMILES string of the molecule is CCOc1nc2c(c(=O)n1-c1ccc(OCCF)cc1)CC(=O)N2. The Morgan fingerprint density at radius 3 is 2.67 bits per heavy atom. The van der Waals surface area contributed by atoms with Crippen molar-refractivity contribution in [3.05, 3.63) is 40.2 Å². The van der Waals surface area contributed by atoms with Crippen LogP contribution in [0.3, 0.4) is 0 Å². The Labute approximate surface area is 137 Å². The van der Waals surface area contributed by atoms with Crippen LogP contribution in [-0.4, -0.2) is 35.3 Å². The Morgan fingerprint density at radius 2 is 2.00 bits per heavy atom. The molecule has 0 aliphatic carbocycles. The first-order valence-electron chi connectivity index (χ1n) is 7.51. The molecule has 126 valence electrons. The van der Waals surface area contributed by atoms with Crippen LogP contribution in [0.15, 0.2) is 29.1 Å². The summed E-state index contributed by atoms with van der Waals surface area (Å²) in [5.74, 6) is 0.464. The van der Waals surface area contributed by atoms with Gasteiger partial charge < -0.3 is 14.8 Å². The number of nitrogens with one attached hydrogen (secondary N) is 1. The minimum absolute atomic E-state index is 0.00866. The lowest BCUT2D eigenvalue weighted by Crippen LogP contribution is -2.24. The number of benzene rings is 1. The van der Waals surface area contributed by atoms with Crippen molar-refractivity contribution in [2.24, 2.45) is 0 Å². The molecule has 7 nitrogen and oxygen atoms in total. The van der Waals surface area contributed by atoms with Crippen molar-refractivity contribution in [3.8, 4) is 17.4 Å². The number of fused-ring (bicyclic) bond motifs is 1. The molecular weight excluding hydrogens is 317 g/mol. The highest BCUT2D eigenvalue weighted by Gasteiger charge is 2.26. The summed E-state index contributed by atoms with van der Waals surface area (Å²) in [6.07, 6.45) is -0.00866. The minimum atomic E-state index is -0.578. The molecule has 8 heteroatoms. The number of halogens is 1. The maximum Gasteiger partial charge on any atom is 0.305 e. The van der Waals surface area contributed by atoms with E-state index in [4.69, 9.17) is 9.47 Å². The second-order valence-electron chi connectivity index (χ2n) is 5.05. The van der Waals surface area contributed by atoms with Gasteiger partial charge in [0.2, 0.25) is 5.91 Å². The molecule has 0 radical (unpaired) electrons. The number of nitrogens with zero attached hydrogens (tertiary/aromatic N) is 2. The second kappa shape index (κ2) is 6.69. The monoisotopic (exact) mass is 333 g/mol. The molecule has 0 atom stereocenters. The van der Waals surface area contributed by atoms with Crippen LogP contribution in [0.5, 0.6) is 11.8 Å². The molecule has 1 aromatic carbocycles. The van der Waals surface area contributed by atoms with Crippen LogP contribution < -0.4 is 20.3 Å². The van der Waals surface area contributed by atoms with Gasteiger partial charge in [0.15, 0.2) is 0 Å². The Kier molecular flexibility index (Phi) is 4.45. The number of ether oxygens (including phenoxy) is 2. The number of aromatic nitrogens is 2. The van der Waals surface area contributed by atoms with Gasteiger partial charge in [0, 0.05) is 0 Å². The second-order valence-corrected chi connectivity index (χ2v) is 5.05. The van der Waals surface area contributed by atoms with E-state index >= 15 is 0 Å². The number of amides is 1. The third-order valence-electron chi connectivity index (χ3n) is 3.46. The third-order valence-corrected chi connectivity index (χ3v) is 3.46. The van der Waals surface area contributed by atoms with Crippen LogP contribution in [0.1, 0.15) is 12.5 Å². The molecule has 1 N–H and O–H groups in total. The van der Waals surface area contributed by atoms with Gasteiger partial charge in [0.05, 0.1) is 24.3 Å².